The fourth-order valence-electron chi connectivity index (χ4n) is 4.13. The summed E-state index contributed by atoms with van der Waals surface area (Å²) >= 11 is 0. The molecule has 7 heteroatoms. The molecular weight excluding hydrogens is 370 g/mol. The number of aromatic nitrogens is 3. The van der Waals surface area contributed by atoms with Crippen LogP contribution in [0.1, 0.15) is 11.1 Å². The van der Waals surface area contributed by atoms with Gasteiger partial charge in [0.1, 0.15) is 5.69 Å². The summed E-state index contributed by atoms with van der Waals surface area (Å²) in [5, 5.41) is 7.61. The molecule has 1 aliphatic carbocycles. The standard InChI is InChI=1S/C22H19N3O4/c1-27-15-9-12(10-16(28-2)21(15)29-3)18-20-17(22(26)25-24-18)14-8-11-6-4-5-7-13(11)19(14)23-20/h4-7,9-10,23H,8H2,1-3H3,(H,25,26). The fourth-order valence-corrected chi connectivity index (χ4v) is 4.13. The molecule has 0 amide bonds. The van der Waals surface area contributed by atoms with E-state index in [9.17, 15) is 4.79 Å². The number of hydrogen-bond acceptors (Lipinski definition) is 5. The van der Waals surface area contributed by atoms with Gasteiger partial charge in [-0.2, -0.15) is 5.10 Å². The van der Waals surface area contributed by atoms with Crippen molar-refractivity contribution in [2.45, 2.75) is 6.42 Å². The summed E-state index contributed by atoms with van der Waals surface area (Å²) in [4.78, 5) is 16.1. The third-order valence-electron chi connectivity index (χ3n) is 5.43. The van der Waals surface area contributed by atoms with Gasteiger partial charge in [0, 0.05) is 17.5 Å². The first-order valence-corrected chi connectivity index (χ1v) is 9.18. The van der Waals surface area contributed by atoms with Gasteiger partial charge in [-0.25, -0.2) is 5.10 Å². The summed E-state index contributed by atoms with van der Waals surface area (Å²) < 4.78 is 16.3. The molecule has 146 valence electrons. The Kier molecular flexibility index (Phi) is 3.84. The van der Waals surface area contributed by atoms with Crippen LogP contribution in [-0.4, -0.2) is 36.5 Å². The maximum Gasteiger partial charge on any atom is 0.273 e. The zero-order valence-electron chi connectivity index (χ0n) is 16.3. The highest BCUT2D eigenvalue weighted by molar-refractivity contribution is 6.00. The van der Waals surface area contributed by atoms with Crippen LogP contribution in [-0.2, 0) is 6.42 Å². The molecule has 29 heavy (non-hydrogen) atoms. The summed E-state index contributed by atoms with van der Waals surface area (Å²) in [7, 11) is 4.69. The molecule has 7 nitrogen and oxygen atoms in total. The summed E-state index contributed by atoms with van der Waals surface area (Å²) in [5.41, 5.74) is 6.15. The first kappa shape index (κ1) is 17.4. The van der Waals surface area contributed by atoms with Crippen molar-refractivity contribution in [1.29, 1.82) is 0 Å². The van der Waals surface area contributed by atoms with Crippen molar-refractivity contribution < 1.29 is 14.2 Å². The van der Waals surface area contributed by atoms with Gasteiger partial charge >= 0.3 is 0 Å². The Hall–Kier alpha value is -3.74. The Morgan fingerprint density at radius 1 is 1.00 bits per heavy atom. The second-order valence-corrected chi connectivity index (χ2v) is 6.88. The molecule has 0 spiro atoms. The van der Waals surface area contributed by atoms with E-state index in [4.69, 9.17) is 14.2 Å². The third-order valence-corrected chi connectivity index (χ3v) is 5.43. The predicted octanol–water partition coefficient (Wildman–Crippen LogP) is 3.52. The molecule has 0 bridgehead atoms. The van der Waals surface area contributed by atoms with Gasteiger partial charge in [0.25, 0.3) is 5.56 Å². The maximum absolute atomic E-state index is 12.7. The van der Waals surface area contributed by atoms with Crippen molar-refractivity contribution in [1.82, 2.24) is 15.2 Å². The second kappa shape index (κ2) is 6.41. The van der Waals surface area contributed by atoms with E-state index in [1.165, 1.54) is 5.56 Å². The molecule has 2 N–H and O–H groups in total. The van der Waals surface area contributed by atoms with Crippen LogP contribution < -0.4 is 19.8 Å². The summed E-state index contributed by atoms with van der Waals surface area (Å²) in [5.74, 6) is 1.54. The van der Waals surface area contributed by atoms with Crippen molar-refractivity contribution in [3.05, 3.63) is 57.9 Å². The average Bonchev–Trinajstić information content (AvgIpc) is 3.29. The van der Waals surface area contributed by atoms with E-state index in [1.807, 2.05) is 24.3 Å². The van der Waals surface area contributed by atoms with Gasteiger partial charge in [0.05, 0.1) is 37.9 Å². The number of ether oxygens (including phenoxy) is 3. The van der Waals surface area contributed by atoms with Crippen LogP contribution in [0, 0.1) is 0 Å². The van der Waals surface area contributed by atoms with Crippen LogP contribution in [0.25, 0.3) is 33.4 Å². The molecule has 0 saturated carbocycles. The number of rotatable bonds is 4. The van der Waals surface area contributed by atoms with Gasteiger partial charge in [-0.3, -0.25) is 4.79 Å². The van der Waals surface area contributed by atoms with Crippen LogP contribution in [0.15, 0.2) is 41.2 Å². The zero-order valence-corrected chi connectivity index (χ0v) is 16.3. The van der Waals surface area contributed by atoms with Gasteiger partial charge < -0.3 is 19.2 Å². The van der Waals surface area contributed by atoms with Gasteiger partial charge in [0.2, 0.25) is 5.75 Å². The average molecular weight is 389 g/mol. The smallest absolute Gasteiger partial charge is 0.273 e. The lowest BCUT2D eigenvalue weighted by molar-refractivity contribution is 0.324. The second-order valence-electron chi connectivity index (χ2n) is 6.88. The van der Waals surface area contributed by atoms with Crippen LogP contribution in [0.4, 0.5) is 0 Å². The maximum atomic E-state index is 12.7. The minimum absolute atomic E-state index is 0.207. The lowest BCUT2D eigenvalue weighted by Crippen LogP contribution is -2.10. The summed E-state index contributed by atoms with van der Waals surface area (Å²) in [6, 6.07) is 11.8. The molecule has 0 radical (unpaired) electrons. The van der Waals surface area contributed by atoms with Crippen LogP contribution in [0.2, 0.25) is 0 Å². The van der Waals surface area contributed by atoms with Crippen molar-refractivity contribution in [2.24, 2.45) is 0 Å². The lowest BCUT2D eigenvalue weighted by Gasteiger charge is -2.14. The molecule has 5 rings (SSSR count). The normalized spacial score (nSPS) is 12.0. The SMILES string of the molecule is COc1cc(-c2n[nH]c(=O)c3c4c([nH]c23)-c2ccccc2C4)cc(OC)c1OC. The Balaban J connectivity index is 1.79. The number of nitrogens with one attached hydrogen (secondary N) is 2. The molecule has 4 aromatic rings. The van der Waals surface area contributed by atoms with Crippen molar-refractivity contribution in [3.8, 4) is 39.8 Å². The van der Waals surface area contributed by atoms with E-state index in [0.717, 1.165) is 22.4 Å². The van der Waals surface area contributed by atoms with E-state index in [2.05, 4.69) is 27.3 Å². The van der Waals surface area contributed by atoms with Crippen molar-refractivity contribution in [2.75, 3.05) is 21.3 Å². The van der Waals surface area contributed by atoms with Crippen LogP contribution >= 0.6 is 0 Å². The topological polar surface area (TPSA) is 89.2 Å². The van der Waals surface area contributed by atoms with E-state index < -0.39 is 0 Å². The highest BCUT2D eigenvalue weighted by Crippen LogP contribution is 2.44. The summed E-state index contributed by atoms with van der Waals surface area (Å²) in [6.07, 6.45) is 0.716. The molecule has 2 aromatic carbocycles. The molecule has 2 aromatic heterocycles. The molecule has 0 atom stereocenters. The summed E-state index contributed by atoms with van der Waals surface area (Å²) in [6.45, 7) is 0. The quantitative estimate of drug-likeness (QED) is 0.491. The van der Waals surface area contributed by atoms with E-state index >= 15 is 0 Å². The first-order chi connectivity index (χ1) is 14.2. The number of benzene rings is 2. The molecular formula is C22H19N3O4. The van der Waals surface area contributed by atoms with E-state index in [-0.39, 0.29) is 5.56 Å². The monoisotopic (exact) mass is 389 g/mol. The Morgan fingerprint density at radius 3 is 2.41 bits per heavy atom. The van der Waals surface area contributed by atoms with Crippen molar-refractivity contribution >= 4 is 10.9 Å². The van der Waals surface area contributed by atoms with Crippen LogP contribution in [0.5, 0.6) is 17.2 Å². The minimum Gasteiger partial charge on any atom is -0.493 e. The Bertz CT molecular complexity index is 1290. The van der Waals surface area contributed by atoms with Crippen molar-refractivity contribution in [3.63, 3.8) is 0 Å². The van der Waals surface area contributed by atoms with E-state index in [1.54, 1.807) is 21.3 Å². The lowest BCUT2D eigenvalue weighted by atomic mass is 10.1. The molecule has 2 heterocycles. The molecule has 1 aliphatic rings. The van der Waals surface area contributed by atoms with Gasteiger partial charge in [-0.15, -0.1) is 0 Å². The molecule has 0 aliphatic heterocycles. The van der Waals surface area contributed by atoms with E-state index in [0.29, 0.717) is 40.3 Å². The van der Waals surface area contributed by atoms with Gasteiger partial charge in [-0.1, -0.05) is 24.3 Å². The molecule has 0 saturated heterocycles. The Labute approximate surface area is 166 Å². The highest BCUT2D eigenvalue weighted by Gasteiger charge is 2.27. The third kappa shape index (κ3) is 2.44. The predicted molar refractivity (Wildman–Crippen MR) is 110 cm³/mol. The van der Waals surface area contributed by atoms with Gasteiger partial charge in [-0.05, 0) is 23.3 Å². The number of methoxy groups -OCH3 is 3. The first-order valence-electron chi connectivity index (χ1n) is 9.18. The number of fused-ring (bicyclic) bond motifs is 5. The number of hydrogen-bond donors (Lipinski definition) is 2. The zero-order chi connectivity index (χ0) is 20.1. The molecule has 0 unspecified atom stereocenters. The fraction of sp³-hybridized carbons (Fsp3) is 0.182. The minimum atomic E-state index is -0.207. The van der Waals surface area contributed by atoms with Gasteiger partial charge in [0.15, 0.2) is 11.5 Å². The number of H-pyrrole nitrogens is 2. The number of nitrogens with zero attached hydrogens (tertiary/aromatic N) is 1. The van der Waals surface area contributed by atoms with Crippen LogP contribution in [0.3, 0.4) is 0 Å². The Morgan fingerprint density at radius 2 is 1.72 bits per heavy atom. The largest absolute Gasteiger partial charge is 0.493 e. The number of aromatic amines is 2. The highest BCUT2D eigenvalue weighted by atomic mass is 16.5. The molecule has 0 fully saturated rings.